The summed E-state index contributed by atoms with van der Waals surface area (Å²) in [6, 6.07) is 4.67. The van der Waals surface area contributed by atoms with Crippen molar-refractivity contribution in [1.29, 1.82) is 0 Å². The van der Waals surface area contributed by atoms with E-state index in [4.69, 9.17) is 9.47 Å². The molecule has 0 spiro atoms. The molecule has 0 aliphatic rings. The van der Waals surface area contributed by atoms with Gasteiger partial charge in [0.25, 0.3) is 0 Å². The van der Waals surface area contributed by atoms with Crippen LogP contribution in [0.25, 0.3) is 0 Å². The van der Waals surface area contributed by atoms with Crippen LogP contribution in [0.3, 0.4) is 0 Å². The molecule has 1 aromatic rings. The lowest BCUT2D eigenvalue weighted by molar-refractivity contribution is 0.170. The molecule has 0 fully saturated rings. The lowest BCUT2D eigenvalue weighted by Crippen LogP contribution is -2.22. The van der Waals surface area contributed by atoms with Gasteiger partial charge in [-0.15, -0.1) is 0 Å². The van der Waals surface area contributed by atoms with E-state index in [0.29, 0.717) is 12.6 Å². The minimum absolute atomic E-state index is 0.476. The van der Waals surface area contributed by atoms with Gasteiger partial charge in [0.2, 0.25) is 5.88 Å². The molecule has 0 atom stereocenters. The maximum Gasteiger partial charge on any atom is 0.213 e. The number of hydrogen-bond donors (Lipinski definition) is 1. The molecule has 4 nitrogen and oxygen atoms in total. The van der Waals surface area contributed by atoms with Gasteiger partial charge in [-0.05, 0) is 18.1 Å². The Morgan fingerprint density at radius 1 is 1.25 bits per heavy atom. The standard InChI is InChI=1S/C16H28N2O2/c1-5-7-15-10-14(12-17-13(2)3)11-16(18-15)20-9-6-8-19-4/h10-11,13,17H,5-9,12H2,1-4H3. The van der Waals surface area contributed by atoms with Crippen molar-refractivity contribution in [3.05, 3.63) is 23.4 Å². The summed E-state index contributed by atoms with van der Waals surface area (Å²) in [4.78, 5) is 4.56. The molecule has 0 aliphatic heterocycles. The number of methoxy groups -OCH3 is 1. The summed E-state index contributed by atoms with van der Waals surface area (Å²) < 4.78 is 10.7. The van der Waals surface area contributed by atoms with E-state index in [1.54, 1.807) is 7.11 Å². The third-order valence-electron chi connectivity index (χ3n) is 2.88. The summed E-state index contributed by atoms with van der Waals surface area (Å²) >= 11 is 0. The van der Waals surface area contributed by atoms with E-state index in [0.717, 1.165) is 44.0 Å². The van der Waals surface area contributed by atoms with Crippen LogP contribution in [0.1, 0.15) is 44.9 Å². The minimum Gasteiger partial charge on any atom is -0.478 e. The van der Waals surface area contributed by atoms with Gasteiger partial charge in [-0.3, -0.25) is 0 Å². The molecule has 0 bridgehead atoms. The van der Waals surface area contributed by atoms with Gasteiger partial charge in [0.05, 0.1) is 6.61 Å². The van der Waals surface area contributed by atoms with Crippen LogP contribution in [0.5, 0.6) is 5.88 Å². The van der Waals surface area contributed by atoms with Crippen LogP contribution < -0.4 is 10.1 Å². The van der Waals surface area contributed by atoms with Gasteiger partial charge in [-0.2, -0.15) is 0 Å². The fourth-order valence-corrected chi connectivity index (χ4v) is 1.88. The fraction of sp³-hybridized carbons (Fsp3) is 0.688. The molecule has 0 saturated carbocycles. The van der Waals surface area contributed by atoms with Crippen molar-refractivity contribution in [3.63, 3.8) is 0 Å². The molecule has 0 aromatic carbocycles. The zero-order valence-electron chi connectivity index (χ0n) is 13.2. The summed E-state index contributed by atoms with van der Waals surface area (Å²) in [5.74, 6) is 0.729. The topological polar surface area (TPSA) is 43.4 Å². The van der Waals surface area contributed by atoms with Crippen LogP contribution in [0.2, 0.25) is 0 Å². The zero-order valence-corrected chi connectivity index (χ0v) is 13.2. The molecule has 0 unspecified atom stereocenters. The largest absolute Gasteiger partial charge is 0.478 e. The first kappa shape index (κ1) is 16.9. The SMILES string of the molecule is CCCc1cc(CNC(C)C)cc(OCCCOC)n1. The van der Waals surface area contributed by atoms with Crippen LogP contribution in [-0.4, -0.2) is 31.3 Å². The molecule has 114 valence electrons. The van der Waals surface area contributed by atoms with Crippen LogP contribution in [0.15, 0.2) is 12.1 Å². The highest BCUT2D eigenvalue weighted by Gasteiger charge is 2.04. The highest BCUT2D eigenvalue weighted by molar-refractivity contribution is 5.25. The normalized spacial score (nSPS) is 11.1. The monoisotopic (exact) mass is 280 g/mol. The number of ether oxygens (including phenoxy) is 2. The van der Waals surface area contributed by atoms with Crippen molar-refractivity contribution >= 4 is 0 Å². The third kappa shape index (κ3) is 6.87. The predicted molar refractivity (Wildman–Crippen MR) is 82.2 cm³/mol. The lowest BCUT2D eigenvalue weighted by atomic mass is 10.1. The second-order valence-corrected chi connectivity index (χ2v) is 5.29. The van der Waals surface area contributed by atoms with Crippen molar-refractivity contribution in [2.75, 3.05) is 20.3 Å². The zero-order chi connectivity index (χ0) is 14.8. The quantitative estimate of drug-likeness (QED) is 0.669. The van der Waals surface area contributed by atoms with Crippen LogP contribution in [0, 0.1) is 0 Å². The number of hydrogen-bond acceptors (Lipinski definition) is 4. The Hall–Kier alpha value is -1.13. The van der Waals surface area contributed by atoms with Crippen molar-refractivity contribution < 1.29 is 9.47 Å². The van der Waals surface area contributed by atoms with E-state index in [2.05, 4.69) is 37.1 Å². The number of nitrogens with one attached hydrogen (secondary N) is 1. The molecule has 1 heterocycles. The number of aryl methyl sites for hydroxylation is 1. The Labute approximate surface area is 122 Å². The molecule has 20 heavy (non-hydrogen) atoms. The third-order valence-corrected chi connectivity index (χ3v) is 2.88. The van der Waals surface area contributed by atoms with Gasteiger partial charge in [0.15, 0.2) is 0 Å². The summed E-state index contributed by atoms with van der Waals surface area (Å²) in [6.45, 7) is 8.68. The number of nitrogens with zero attached hydrogens (tertiary/aromatic N) is 1. The van der Waals surface area contributed by atoms with Crippen molar-refractivity contribution in [2.45, 2.75) is 52.6 Å². The van der Waals surface area contributed by atoms with Gasteiger partial charge in [-0.25, -0.2) is 4.98 Å². The first-order valence-electron chi connectivity index (χ1n) is 7.50. The molecule has 1 N–H and O–H groups in total. The van der Waals surface area contributed by atoms with E-state index in [1.807, 2.05) is 6.07 Å². The Morgan fingerprint density at radius 2 is 2.05 bits per heavy atom. The molecular weight excluding hydrogens is 252 g/mol. The predicted octanol–water partition coefficient (Wildman–Crippen LogP) is 2.95. The lowest BCUT2D eigenvalue weighted by Gasteiger charge is -2.12. The van der Waals surface area contributed by atoms with Crippen molar-refractivity contribution in [1.82, 2.24) is 10.3 Å². The molecule has 1 aromatic heterocycles. The summed E-state index contributed by atoms with van der Waals surface area (Å²) in [6.07, 6.45) is 2.97. The van der Waals surface area contributed by atoms with Crippen molar-refractivity contribution in [3.8, 4) is 5.88 Å². The van der Waals surface area contributed by atoms with Gasteiger partial charge >= 0.3 is 0 Å². The summed E-state index contributed by atoms with van der Waals surface area (Å²) in [5, 5.41) is 3.43. The molecule has 0 saturated heterocycles. The molecule has 0 radical (unpaired) electrons. The van der Waals surface area contributed by atoms with Gasteiger partial charge in [0, 0.05) is 44.5 Å². The Morgan fingerprint density at radius 3 is 2.70 bits per heavy atom. The number of pyridine rings is 1. The number of aromatic nitrogens is 1. The van der Waals surface area contributed by atoms with Gasteiger partial charge in [0.1, 0.15) is 0 Å². The molecule has 1 rings (SSSR count). The van der Waals surface area contributed by atoms with E-state index in [1.165, 1.54) is 5.56 Å². The smallest absolute Gasteiger partial charge is 0.213 e. The summed E-state index contributed by atoms with van der Waals surface area (Å²) in [7, 11) is 1.70. The van der Waals surface area contributed by atoms with E-state index in [-0.39, 0.29) is 0 Å². The minimum atomic E-state index is 0.476. The maximum atomic E-state index is 5.72. The fourth-order valence-electron chi connectivity index (χ4n) is 1.88. The van der Waals surface area contributed by atoms with E-state index < -0.39 is 0 Å². The Bertz CT molecular complexity index is 381. The first-order chi connectivity index (χ1) is 9.65. The molecule has 4 heteroatoms. The Balaban J connectivity index is 2.65. The van der Waals surface area contributed by atoms with Crippen LogP contribution in [-0.2, 0) is 17.7 Å². The second-order valence-electron chi connectivity index (χ2n) is 5.29. The van der Waals surface area contributed by atoms with E-state index in [9.17, 15) is 0 Å². The molecular formula is C16H28N2O2. The average molecular weight is 280 g/mol. The second kappa shape index (κ2) is 9.72. The number of rotatable bonds is 10. The highest BCUT2D eigenvalue weighted by Crippen LogP contribution is 2.14. The Kier molecular flexibility index (Phi) is 8.23. The van der Waals surface area contributed by atoms with Gasteiger partial charge in [-0.1, -0.05) is 27.2 Å². The van der Waals surface area contributed by atoms with E-state index >= 15 is 0 Å². The highest BCUT2D eigenvalue weighted by atomic mass is 16.5. The molecule has 0 amide bonds. The summed E-state index contributed by atoms with van der Waals surface area (Å²) in [5.41, 5.74) is 2.34. The van der Waals surface area contributed by atoms with Crippen molar-refractivity contribution in [2.24, 2.45) is 0 Å². The maximum absolute atomic E-state index is 5.72. The average Bonchev–Trinajstić information content (AvgIpc) is 2.42. The van der Waals surface area contributed by atoms with Crippen LogP contribution >= 0.6 is 0 Å². The first-order valence-corrected chi connectivity index (χ1v) is 7.50. The van der Waals surface area contributed by atoms with Gasteiger partial charge < -0.3 is 14.8 Å². The molecule has 0 aliphatic carbocycles. The van der Waals surface area contributed by atoms with Crippen LogP contribution in [0.4, 0.5) is 0 Å².